The Morgan fingerprint density at radius 3 is 2.67 bits per heavy atom. The fourth-order valence-corrected chi connectivity index (χ4v) is 3.12. The molecule has 0 bridgehead atoms. The standard InChI is InChI=1S/C18H16N4OS/c1-2-24-18-20-17-15(21-22-18)13-10-6-7-11-14(13)19-16(23-17)12-8-4-3-5-9-12/h3-11,16,19H,2H2,1H3/t16-/m0/s1. The van der Waals surface area contributed by atoms with Crippen molar-refractivity contribution in [2.24, 2.45) is 0 Å². The van der Waals surface area contributed by atoms with Gasteiger partial charge in [-0.05, 0) is 11.8 Å². The van der Waals surface area contributed by atoms with Crippen LogP contribution in [0.3, 0.4) is 0 Å². The molecule has 1 aliphatic heterocycles. The van der Waals surface area contributed by atoms with Crippen molar-refractivity contribution < 1.29 is 4.74 Å². The third kappa shape index (κ3) is 2.80. The number of aromatic nitrogens is 3. The molecule has 0 aliphatic carbocycles. The molecule has 6 heteroatoms. The molecule has 2 heterocycles. The summed E-state index contributed by atoms with van der Waals surface area (Å²) in [5.74, 6) is 1.39. The number of thioether (sulfide) groups is 1. The number of hydrogen-bond acceptors (Lipinski definition) is 6. The smallest absolute Gasteiger partial charge is 0.247 e. The first-order valence-electron chi connectivity index (χ1n) is 7.80. The van der Waals surface area contributed by atoms with E-state index in [0.717, 1.165) is 22.6 Å². The lowest BCUT2D eigenvalue weighted by molar-refractivity contribution is 0.225. The predicted molar refractivity (Wildman–Crippen MR) is 95.1 cm³/mol. The number of nitrogens with one attached hydrogen (secondary N) is 1. The maximum atomic E-state index is 6.17. The van der Waals surface area contributed by atoms with Gasteiger partial charge in [-0.25, -0.2) is 0 Å². The highest BCUT2D eigenvalue weighted by Crippen LogP contribution is 2.39. The van der Waals surface area contributed by atoms with Gasteiger partial charge in [0.15, 0.2) is 11.9 Å². The molecule has 1 atom stereocenters. The molecule has 0 spiro atoms. The van der Waals surface area contributed by atoms with Crippen LogP contribution in [0.5, 0.6) is 5.88 Å². The zero-order valence-corrected chi connectivity index (χ0v) is 14.0. The van der Waals surface area contributed by atoms with Crippen molar-refractivity contribution in [1.82, 2.24) is 15.2 Å². The Labute approximate surface area is 144 Å². The van der Waals surface area contributed by atoms with Crippen LogP contribution in [0.15, 0.2) is 59.8 Å². The summed E-state index contributed by atoms with van der Waals surface area (Å²) in [6.45, 7) is 2.06. The van der Waals surface area contributed by atoms with Gasteiger partial charge in [0.2, 0.25) is 11.0 Å². The zero-order valence-electron chi connectivity index (χ0n) is 13.1. The first-order chi connectivity index (χ1) is 11.8. The molecule has 1 aliphatic rings. The summed E-state index contributed by atoms with van der Waals surface area (Å²) in [6.07, 6.45) is -0.329. The SMILES string of the molecule is CCSc1nnc2c(n1)O[C@@H](c1ccccc1)Nc1ccccc1-2. The first-order valence-corrected chi connectivity index (χ1v) is 8.79. The molecule has 1 aromatic heterocycles. The molecular weight excluding hydrogens is 320 g/mol. The Balaban J connectivity index is 1.84. The minimum absolute atomic E-state index is 0.329. The van der Waals surface area contributed by atoms with Crippen LogP contribution in [0.2, 0.25) is 0 Å². The quantitative estimate of drug-likeness (QED) is 0.725. The third-order valence-corrected chi connectivity index (χ3v) is 4.43. The summed E-state index contributed by atoms with van der Waals surface area (Å²) in [4.78, 5) is 4.56. The molecule has 4 rings (SSSR count). The zero-order chi connectivity index (χ0) is 16.4. The van der Waals surface area contributed by atoms with Crippen molar-refractivity contribution >= 4 is 17.4 Å². The van der Waals surface area contributed by atoms with Gasteiger partial charge < -0.3 is 10.1 Å². The average molecular weight is 336 g/mol. The van der Waals surface area contributed by atoms with Gasteiger partial charge in [-0.15, -0.1) is 10.2 Å². The topological polar surface area (TPSA) is 59.9 Å². The second-order valence-electron chi connectivity index (χ2n) is 5.28. The van der Waals surface area contributed by atoms with E-state index in [1.54, 1.807) is 11.8 Å². The van der Waals surface area contributed by atoms with E-state index in [4.69, 9.17) is 4.74 Å². The molecule has 0 saturated carbocycles. The average Bonchev–Trinajstić information content (AvgIpc) is 2.79. The molecule has 0 radical (unpaired) electrons. The lowest BCUT2D eigenvalue weighted by atomic mass is 10.1. The lowest BCUT2D eigenvalue weighted by Crippen LogP contribution is -2.17. The molecule has 24 heavy (non-hydrogen) atoms. The van der Waals surface area contributed by atoms with Gasteiger partial charge in [0, 0.05) is 16.8 Å². The monoisotopic (exact) mass is 336 g/mol. The maximum absolute atomic E-state index is 6.17. The van der Waals surface area contributed by atoms with Crippen molar-refractivity contribution in [3.05, 3.63) is 60.2 Å². The number of fused-ring (bicyclic) bond motifs is 3. The van der Waals surface area contributed by atoms with Gasteiger partial charge in [-0.1, -0.05) is 67.2 Å². The van der Waals surface area contributed by atoms with E-state index >= 15 is 0 Å². The van der Waals surface area contributed by atoms with Crippen LogP contribution in [-0.2, 0) is 0 Å². The van der Waals surface area contributed by atoms with Crippen LogP contribution in [0.1, 0.15) is 18.7 Å². The molecule has 0 saturated heterocycles. The van der Waals surface area contributed by atoms with Crippen LogP contribution in [0, 0.1) is 0 Å². The van der Waals surface area contributed by atoms with Crippen LogP contribution in [0.4, 0.5) is 5.69 Å². The summed E-state index contributed by atoms with van der Waals surface area (Å²) < 4.78 is 6.17. The Morgan fingerprint density at radius 1 is 1.04 bits per heavy atom. The van der Waals surface area contributed by atoms with Crippen LogP contribution in [0.25, 0.3) is 11.3 Å². The highest BCUT2D eigenvalue weighted by atomic mass is 32.2. The second kappa shape index (κ2) is 6.49. The molecule has 0 amide bonds. The van der Waals surface area contributed by atoms with E-state index in [0.29, 0.717) is 16.7 Å². The van der Waals surface area contributed by atoms with E-state index < -0.39 is 0 Å². The van der Waals surface area contributed by atoms with Gasteiger partial charge in [-0.2, -0.15) is 4.98 Å². The fourth-order valence-electron chi connectivity index (χ4n) is 2.62. The van der Waals surface area contributed by atoms with E-state index in [2.05, 4.69) is 27.4 Å². The molecule has 120 valence electrons. The number of para-hydroxylation sites is 1. The minimum atomic E-state index is -0.329. The number of anilines is 1. The summed E-state index contributed by atoms with van der Waals surface area (Å²) >= 11 is 1.55. The number of nitrogens with zero attached hydrogens (tertiary/aromatic N) is 3. The highest BCUT2D eigenvalue weighted by molar-refractivity contribution is 7.99. The predicted octanol–water partition coefficient (Wildman–Crippen LogP) is 4.15. The number of hydrogen-bond donors (Lipinski definition) is 1. The van der Waals surface area contributed by atoms with Crippen molar-refractivity contribution in [1.29, 1.82) is 0 Å². The van der Waals surface area contributed by atoms with Gasteiger partial charge in [0.1, 0.15) is 0 Å². The molecule has 1 N–H and O–H groups in total. The molecule has 3 aromatic rings. The van der Waals surface area contributed by atoms with Crippen LogP contribution < -0.4 is 10.1 Å². The van der Waals surface area contributed by atoms with Gasteiger partial charge in [-0.3, -0.25) is 0 Å². The van der Waals surface area contributed by atoms with E-state index in [9.17, 15) is 0 Å². The summed E-state index contributed by atoms with van der Waals surface area (Å²) in [7, 11) is 0. The lowest BCUT2D eigenvalue weighted by Gasteiger charge is -2.19. The minimum Gasteiger partial charge on any atom is -0.448 e. The van der Waals surface area contributed by atoms with E-state index in [1.807, 2.05) is 54.6 Å². The van der Waals surface area contributed by atoms with E-state index in [-0.39, 0.29) is 6.23 Å². The largest absolute Gasteiger partial charge is 0.448 e. The number of benzene rings is 2. The van der Waals surface area contributed by atoms with Gasteiger partial charge >= 0.3 is 0 Å². The maximum Gasteiger partial charge on any atom is 0.247 e. The molecule has 0 unspecified atom stereocenters. The van der Waals surface area contributed by atoms with Crippen molar-refractivity contribution in [3.63, 3.8) is 0 Å². The Morgan fingerprint density at radius 2 is 1.83 bits per heavy atom. The number of ether oxygens (including phenoxy) is 1. The summed E-state index contributed by atoms with van der Waals surface area (Å²) in [6, 6.07) is 18.0. The van der Waals surface area contributed by atoms with Crippen LogP contribution >= 0.6 is 11.8 Å². The third-order valence-electron chi connectivity index (χ3n) is 3.71. The summed E-state index contributed by atoms with van der Waals surface area (Å²) in [5, 5.41) is 12.6. The van der Waals surface area contributed by atoms with E-state index in [1.165, 1.54) is 0 Å². The molecule has 0 fully saturated rings. The Hall–Kier alpha value is -2.60. The summed E-state index contributed by atoms with van der Waals surface area (Å²) in [5.41, 5.74) is 3.59. The Bertz CT molecular complexity index is 857. The van der Waals surface area contributed by atoms with Crippen molar-refractivity contribution in [2.75, 3.05) is 11.1 Å². The molecule has 5 nitrogen and oxygen atoms in total. The van der Waals surface area contributed by atoms with Gasteiger partial charge in [0.25, 0.3) is 0 Å². The normalized spacial score (nSPS) is 15.5. The van der Waals surface area contributed by atoms with Crippen molar-refractivity contribution in [2.45, 2.75) is 18.3 Å². The highest BCUT2D eigenvalue weighted by Gasteiger charge is 2.25. The first kappa shape index (κ1) is 15.0. The Kier molecular flexibility index (Phi) is 4.04. The van der Waals surface area contributed by atoms with Crippen LogP contribution in [-0.4, -0.2) is 20.9 Å². The van der Waals surface area contributed by atoms with Crippen molar-refractivity contribution in [3.8, 4) is 17.1 Å². The molecule has 2 aromatic carbocycles. The van der Waals surface area contributed by atoms with Gasteiger partial charge in [0.05, 0.1) is 0 Å². The fraction of sp³-hybridized carbons (Fsp3) is 0.167. The number of rotatable bonds is 3. The molecular formula is C18H16N4OS. The second-order valence-corrected chi connectivity index (χ2v) is 6.51.